The lowest BCUT2D eigenvalue weighted by Crippen LogP contribution is -2.29. The molecule has 6 nitrogen and oxygen atoms in total. The Labute approximate surface area is 117 Å². The van der Waals surface area contributed by atoms with Crippen molar-refractivity contribution in [1.29, 1.82) is 0 Å². The Morgan fingerprint density at radius 3 is 2.68 bits per heavy atom. The van der Waals surface area contributed by atoms with Crippen molar-refractivity contribution in [3.05, 3.63) is 16.3 Å². The number of methoxy groups -OCH3 is 2. The van der Waals surface area contributed by atoms with Gasteiger partial charge in [0, 0.05) is 27.3 Å². The fourth-order valence-electron chi connectivity index (χ4n) is 1.46. The molecule has 19 heavy (non-hydrogen) atoms. The third-order valence-electron chi connectivity index (χ3n) is 2.51. The maximum Gasteiger partial charge on any atom is 0.349 e. The van der Waals surface area contributed by atoms with E-state index >= 15 is 0 Å². The van der Waals surface area contributed by atoms with Crippen LogP contribution in [-0.4, -0.2) is 53.1 Å². The summed E-state index contributed by atoms with van der Waals surface area (Å²) in [6, 6.07) is 1.42. The third-order valence-corrected chi connectivity index (χ3v) is 5.43. The second kappa shape index (κ2) is 6.99. The van der Waals surface area contributed by atoms with Gasteiger partial charge in [-0.25, -0.2) is 17.5 Å². The zero-order valence-electron chi connectivity index (χ0n) is 11.1. The van der Waals surface area contributed by atoms with Gasteiger partial charge >= 0.3 is 5.97 Å². The van der Waals surface area contributed by atoms with E-state index in [9.17, 15) is 13.2 Å². The summed E-state index contributed by atoms with van der Waals surface area (Å²) in [5.74, 6) is -0.640. The second-order valence-corrected chi connectivity index (χ2v) is 6.71. The Morgan fingerprint density at radius 2 is 2.11 bits per heavy atom. The van der Waals surface area contributed by atoms with Gasteiger partial charge in [0.2, 0.25) is 10.0 Å². The molecule has 0 atom stereocenters. The van der Waals surface area contributed by atoms with Crippen LogP contribution in [0.3, 0.4) is 0 Å². The maximum atomic E-state index is 12.3. The third kappa shape index (κ3) is 3.75. The van der Waals surface area contributed by atoms with Crippen molar-refractivity contribution >= 4 is 27.3 Å². The average Bonchev–Trinajstić information content (AvgIpc) is 2.87. The van der Waals surface area contributed by atoms with Gasteiger partial charge in [-0.15, -0.1) is 11.3 Å². The molecule has 0 N–H and O–H groups in total. The van der Waals surface area contributed by atoms with Crippen molar-refractivity contribution in [2.75, 3.05) is 34.4 Å². The van der Waals surface area contributed by atoms with Crippen molar-refractivity contribution < 1.29 is 22.7 Å². The molecule has 0 spiro atoms. The van der Waals surface area contributed by atoms with Gasteiger partial charge in [0.25, 0.3) is 0 Å². The molecule has 0 unspecified atom stereocenters. The quantitative estimate of drug-likeness (QED) is 0.559. The molecule has 0 saturated carbocycles. The van der Waals surface area contributed by atoms with Gasteiger partial charge in [-0.2, -0.15) is 0 Å². The predicted molar refractivity (Wildman–Crippen MR) is 72.0 cm³/mol. The molecular formula is C11H17NO5S2. The fraction of sp³-hybridized carbons (Fsp3) is 0.545. The minimum atomic E-state index is -3.67. The maximum absolute atomic E-state index is 12.3. The average molecular weight is 307 g/mol. The van der Waals surface area contributed by atoms with E-state index in [4.69, 9.17) is 4.74 Å². The van der Waals surface area contributed by atoms with Crippen molar-refractivity contribution in [3.63, 3.8) is 0 Å². The minimum absolute atomic E-state index is 0.00994. The molecule has 108 valence electrons. The number of rotatable bonds is 7. The van der Waals surface area contributed by atoms with E-state index in [0.717, 1.165) is 11.3 Å². The van der Waals surface area contributed by atoms with Crippen LogP contribution >= 0.6 is 11.3 Å². The molecular weight excluding hydrogens is 290 g/mol. The predicted octanol–water partition coefficient (Wildman–Crippen LogP) is 1.19. The van der Waals surface area contributed by atoms with E-state index in [1.165, 1.54) is 24.5 Å². The number of thiophene rings is 1. The number of carbonyl (C=O) groups excluding carboxylic acids is 1. The van der Waals surface area contributed by atoms with Gasteiger partial charge < -0.3 is 9.47 Å². The molecule has 1 aromatic heterocycles. The number of sulfonamides is 1. The summed E-state index contributed by atoms with van der Waals surface area (Å²) < 4.78 is 35.3. The van der Waals surface area contributed by atoms with Crippen LogP contribution in [0, 0.1) is 0 Å². The van der Waals surface area contributed by atoms with E-state index in [1.54, 1.807) is 12.5 Å². The SMILES string of the molecule is COCCCN(C)S(=O)(=O)c1ccsc1C(=O)OC. The molecule has 0 amide bonds. The van der Waals surface area contributed by atoms with Crippen molar-refractivity contribution in [2.45, 2.75) is 11.3 Å². The van der Waals surface area contributed by atoms with Crippen molar-refractivity contribution in [3.8, 4) is 0 Å². The standard InChI is InChI=1S/C11H17NO5S2/c1-12(6-4-7-16-2)19(14,15)9-5-8-18-10(9)11(13)17-3/h5,8H,4,6-7H2,1-3H3. The molecule has 0 aromatic carbocycles. The number of nitrogens with zero attached hydrogens (tertiary/aromatic N) is 1. The van der Waals surface area contributed by atoms with Crippen LogP contribution < -0.4 is 0 Å². The van der Waals surface area contributed by atoms with Crippen LogP contribution in [0.1, 0.15) is 16.1 Å². The first-order valence-corrected chi connectivity index (χ1v) is 7.88. The molecule has 0 aliphatic rings. The molecule has 0 aliphatic carbocycles. The van der Waals surface area contributed by atoms with Crippen LogP contribution in [-0.2, 0) is 19.5 Å². The van der Waals surface area contributed by atoms with Gasteiger partial charge in [0.1, 0.15) is 9.77 Å². The summed E-state index contributed by atoms with van der Waals surface area (Å²) in [5.41, 5.74) is 0. The van der Waals surface area contributed by atoms with Gasteiger partial charge in [0.05, 0.1) is 7.11 Å². The highest BCUT2D eigenvalue weighted by Crippen LogP contribution is 2.25. The van der Waals surface area contributed by atoms with Crippen LogP contribution in [0.4, 0.5) is 0 Å². The lowest BCUT2D eigenvalue weighted by atomic mass is 10.4. The Bertz CT molecular complexity index is 523. The highest BCUT2D eigenvalue weighted by atomic mass is 32.2. The number of hydrogen-bond acceptors (Lipinski definition) is 6. The molecule has 0 bridgehead atoms. The van der Waals surface area contributed by atoms with Crippen molar-refractivity contribution in [2.24, 2.45) is 0 Å². The van der Waals surface area contributed by atoms with Gasteiger partial charge in [-0.3, -0.25) is 0 Å². The van der Waals surface area contributed by atoms with Crippen LogP contribution in [0.25, 0.3) is 0 Å². The summed E-state index contributed by atoms with van der Waals surface area (Å²) in [5, 5.41) is 1.56. The Balaban J connectivity index is 2.94. The summed E-state index contributed by atoms with van der Waals surface area (Å²) in [7, 11) is 0.583. The normalized spacial score (nSPS) is 11.8. The molecule has 1 rings (SSSR count). The summed E-state index contributed by atoms with van der Waals surface area (Å²) in [6.45, 7) is 0.806. The molecule has 0 radical (unpaired) electrons. The lowest BCUT2D eigenvalue weighted by molar-refractivity contribution is 0.0602. The first kappa shape index (κ1) is 16.1. The zero-order valence-corrected chi connectivity index (χ0v) is 12.7. The first-order valence-electron chi connectivity index (χ1n) is 5.56. The largest absolute Gasteiger partial charge is 0.465 e. The Hall–Kier alpha value is -0.960. The van der Waals surface area contributed by atoms with Crippen LogP contribution in [0.15, 0.2) is 16.3 Å². The molecule has 1 heterocycles. The van der Waals surface area contributed by atoms with Crippen molar-refractivity contribution in [1.82, 2.24) is 4.31 Å². The van der Waals surface area contributed by atoms with E-state index in [-0.39, 0.29) is 9.77 Å². The number of esters is 1. The Kier molecular flexibility index (Phi) is 5.92. The lowest BCUT2D eigenvalue weighted by Gasteiger charge is -2.16. The Morgan fingerprint density at radius 1 is 1.42 bits per heavy atom. The topological polar surface area (TPSA) is 72.9 Å². The van der Waals surface area contributed by atoms with Gasteiger partial charge in [-0.05, 0) is 17.9 Å². The van der Waals surface area contributed by atoms with Crippen LogP contribution in [0.5, 0.6) is 0 Å². The smallest absolute Gasteiger partial charge is 0.349 e. The molecule has 0 aliphatic heterocycles. The van der Waals surface area contributed by atoms with Gasteiger partial charge in [0.15, 0.2) is 0 Å². The summed E-state index contributed by atoms with van der Waals surface area (Å²) in [4.78, 5) is 11.6. The highest BCUT2D eigenvalue weighted by molar-refractivity contribution is 7.89. The number of ether oxygens (including phenoxy) is 2. The second-order valence-electron chi connectivity index (χ2n) is 3.78. The van der Waals surface area contributed by atoms with E-state index < -0.39 is 16.0 Å². The number of hydrogen-bond donors (Lipinski definition) is 0. The molecule has 0 fully saturated rings. The van der Waals surface area contributed by atoms with Gasteiger partial charge in [-0.1, -0.05) is 0 Å². The van der Waals surface area contributed by atoms with E-state index in [1.807, 2.05) is 0 Å². The van der Waals surface area contributed by atoms with Crippen LogP contribution in [0.2, 0.25) is 0 Å². The number of carbonyl (C=O) groups is 1. The summed E-state index contributed by atoms with van der Waals surface area (Å²) >= 11 is 1.05. The van der Waals surface area contributed by atoms with E-state index in [0.29, 0.717) is 19.6 Å². The molecule has 8 heteroatoms. The van der Waals surface area contributed by atoms with E-state index in [2.05, 4.69) is 4.74 Å². The minimum Gasteiger partial charge on any atom is -0.465 e. The zero-order chi connectivity index (χ0) is 14.5. The fourth-order valence-corrected chi connectivity index (χ4v) is 3.98. The molecule has 0 saturated heterocycles. The summed E-state index contributed by atoms with van der Waals surface area (Å²) in [6.07, 6.45) is 0.587. The first-order chi connectivity index (χ1) is 8.95. The monoisotopic (exact) mass is 307 g/mol. The highest BCUT2D eigenvalue weighted by Gasteiger charge is 2.28. The molecule has 1 aromatic rings.